The number of ether oxygens (including phenoxy) is 1. The number of nitrogens with one attached hydrogen (secondary N) is 1. The molecule has 1 saturated carbocycles. The van der Waals surface area contributed by atoms with Crippen molar-refractivity contribution in [2.24, 2.45) is 0 Å². The number of rotatable bonds is 6. The third-order valence-corrected chi connectivity index (χ3v) is 6.48. The highest BCUT2D eigenvalue weighted by Crippen LogP contribution is 2.35. The van der Waals surface area contributed by atoms with Gasteiger partial charge in [-0.2, -0.15) is 0 Å². The fourth-order valence-corrected chi connectivity index (χ4v) is 4.57. The molecule has 0 unspecified atom stereocenters. The van der Waals surface area contributed by atoms with Crippen molar-refractivity contribution in [3.63, 3.8) is 0 Å². The molecule has 1 aliphatic rings. The van der Waals surface area contributed by atoms with Crippen LogP contribution in [0.15, 0.2) is 78.9 Å². The van der Waals surface area contributed by atoms with E-state index in [2.05, 4.69) is 35.6 Å². The highest BCUT2D eigenvalue weighted by Gasteiger charge is 2.29. The number of amides is 2. The summed E-state index contributed by atoms with van der Waals surface area (Å²) < 4.78 is 5.29. The Hall–Kier alpha value is -3.27. The smallest absolute Gasteiger partial charge is 0.322 e. The number of urea groups is 1. The van der Waals surface area contributed by atoms with Crippen LogP contribution in [-0.2, 0) is 6.54 Å². The molecule has 3 aromatic carbocycles. The molecule has 4 heteroatoms. The Labute approximate surface area is 191 Å². The fourth-order valence-electron chi connectivity index (χ4n) is 4.57. The Morgan fingerprint density at radius 1 is 0.906 bits per heavy atom. The number of hydrogen-bond donors (Lipinski definition) is 1. The Balaban J connectivity index is 1.48. The number of benzene rings is 3. The molecular formula is C28H32N2O2. The molecule has 0 aliphatic heterocycles. The topological polar surface area (TPSA) is 41.6 Å². The van der Waals surface area contributed by atoms with Gasteiger partial charge in [0.15, 0.2) is 0 Å². The van der Waals surface area contributed by atoms with Gasteiger partial charge in [0, 0.05) is 18.3 Å². The Morgan fingerprint density at radius 3 is 2.19 bits per heavy atom. The van der Waals surface area contributed by atoms with Crippen LogP contribution in [0.5, 0.6) is 5.75 Å². The van der Waals surface area contributed by atoms with E-state index >= 15 is 0 Å². The maximum Gasteiger partial charge on any atom is 0.322 e. The van der Waals surface area contributed by atoms with Gasteiger partial charge < -0.3 is 15.0 Å². The van der Waals surface area contributed by atoms with Crippen LogP contribution >= 0.6 is 0 Å². The van der Waals surface area contributed by atoms with Crippen LogP contribution in [0, 0.1) is 6.92 Å². The first-order valence-corrected chi connectivity index (χ1v) is 11.4. The number of carbonyl (C=O) groups excluding carboxylic acids is 1. The first kappa shape index (κ1) is 21.9. The summed E-state index contributed by atoms with van der Waals surface area (Å²) in [5.74, 6) is 1.41. The Kier molecular flexibility index (Phi) is 7.10. The molecule has 0 saturated heterocycles. The van der Waals surface area contributed by atoms with Gasteiger partial charge in [-0.15, -0.1) is 0 Å². The molecule has 3 aromatic rings. The predicted octanol–water partition coefficient (Wildman–Crippen LogP) is 6.76. The second kappa shape index (κ2) is 10.4. The third kappa shape index (κ3) is 5.50. The Morgan fingerprint density at radius 2 is 1.56 bits per heavy atom. The van der Waals surface area contributed by atoms with E-state index in [0.29, 0.717) is 12.5 Å². The number of hydrogen-bond acceptors (Lipinski definition) is 2. The van der Waals surface area contributed by atoms with Gasteiger partial charge in [0.2, 0.25) is 0 Å². The van der Waals surface area contributed by atoms with Crippen LogP contribution in [0.4, 0.5) is 10.5 Å². The van der Waals surface area contributed by atoms with Crippen molar-refractivity contribution in [2.75, 3.05) is 12.4 Å². The van der Waals surface area contributed by atoms with Crippen molar-refractivity contribution in [1.29, 1.82) is 0 Å². The molecule has 0 aromatic heterocycles. The summed E-state index contributed by atoms with van der Waals surface area (Å²) in [6.45, 7) is 2.63. The van der Waals surface area contributed by atoms with Crippen molar-refractivity contribution in [1.82, 2.24) is 4.90 Å². The summed E-state index contributed by atoms with van der Waals surface area (Å²) in [7, 11) is 1.67. The largest absolute Gasteiger partial charge is 0.497 e. The van der Waals surface area contributed by atoms with E-state index in [1.807, 2.05) is 60.4 Å². The molecular weight excluding hydrogens is 396 g/mol. The van der Waals surface area contributed by atoms with Gasteiger partial charge in [-0.25, -0.2) is 4.79 Å². The molecule has 0 radical (unpaired) electrons. The minimum atomic E-state index is -0.0344. The average molecular weight is 429 g/mol. The molecule has 0 atom stereocenters. The summed E-state index contributed by atoms with van der Waals surface area (Å²) >= 11 is 0. The van der Waals surface area contributed by atoms with Crippen LogP contribution in [0.3, 0.4) is 0 Å². The van der Waals surface area contributed by atoms with E-state index in [4.69, 9.17) is 4.74 Å². The summed E-state index contributed by atoms with van der Waals surface area (Å²) in [6.07, 6.45) is 4.23. The highest BCUT2D eigenvalue weighted by atomic mass is 16.5. The van der Waals surface area contributed by atoms with E-state index in [9.17, 15) is 4.79 Å². The number of anilines is 1. The van der Waals surface area contributed by atoms with Gasteiger partial charge in [0.25, 0.3) is 0 Å². The van der Waals surface area contributed by atoms with Crippen molar-refractivity contribution in [3.8, 4) is 5.75 Å². The summed E-state index contributed by atoms with van der Waals surface area (Å²) in [5.41, 5.74) is 4.53. The van der Waals surface area contributed by atoms with E-state index in [0.717, 1.165) is 42.7 Å². The molecule has 32 heavy (non-hydrogen) atoms. The normalized spacial score (nSPS) is 18.1. The predicted molar refractivity (Wildman–Crippen MR) is 130 cm³/mol. The Bertz CT molecular complexity index is 992. The average Bonchev–Trinajstić information content (AvgIpc) is 2.85. The zero-order valence-corrected chi connectivity index (χ0v) is 19.0. The van der Waals surface area contributed by atoms with E-state index in [1.54, 1.807) is 7.11 Å². The molecule has 0 spiro atoms. The molecule has 1 N–H and O–H groups in total. The number of nitrogens with zero attached hydrogens (tertiary/aromatic N) is 1. The van der Waals surface area contributed by atoms with Gasteiger partial charge in [0.1, 0.15) is 5.75 Å². The second-order valence-corrected chi connectivity index (χ2v) is 8.69. The third-order valence-electron chi connectivity index (χ3n) is 6.48. The first-order chi connectivity index (χ1) is 15.6. The first-order valence-electron chi connectivity index (χ1n) is 11.4. The summed E-state index contributed by atoms with van der Waals surface area (Å²) in [5, 5.41) is 3.11. The molecule has 4 nitrogen and oxygen atoms in total. The molecule has 2 amide bonds. The molecule has 166 valence electrons. The quantitative estimate of drug-likeness (QED) is 0.471. The lowest BCUT2D eigenvalue weighted by atomic mass is 9.81. The van der Waals surface area contributed by atoms with Crippen LogP contribution in [0.1, 0.15) is 48.3 Å². The minimum Gasteiger partial charge on any atom is -0.497 e. The standard InChI is InChI=1S/C28H32N2O2/c1-21-8-14-25(15-9-21)29-28(31)30(20-22-10-18-27(32-2)19-11-22)26-16-12-24(13-17-26)23-6-4-3-5-7-23/h3-11,14-15,18-19,24,26H,12-13,16-17,20H2,1-2H3,(H,29,31)/t24-,26-. The molecule has 1 aliphatic carbocycles. The van der Waals surface area contributed by atoms with Gasteiger partial charge in [-0.3, -0.25) is 0 Å². The fraction of sp³-hybridized carbons (Fsp3) is 0.321. The van der Waals surface area contributed by atoms with Gasteiger partial charge >= 0.3 is 6.03 Å². The minimum absolute atomic E-state index is 0.0344. The zero-order chi connectivity index (χ0) is 22.3. The van der Waals surface area contributed by atoms with Crippen molar-refractivity contribution in [3.05, 3.63) is 95.6 Å². The van der Waals surface area contributed by atoms with Crippen molar-refractivity contribution >= 4 is 11.7 Å². The zero-order valence-electron chi connectivity index (χ0n) is 19.0. The van der Waals surface area contributed by atoms with Crippen LogP contribution in [0.25, 0.3) is 0 Å². The number of methoxy groups -OCH3 is 1. The molecule has 1 fully saturated rings. The van der Waals surface area contributed by atoms with E-state index < -0.39 is 0 Å². The van der Waals surface area contributed by atoms with Crippen molar-refractivity contribution in [2.45, 2.75) is 51.1 Å². The molecule has 0 heterocycles. The summed E-state index contributed by atoms with van der Waals surface area (Å²) in [6, 6.07) is 26.9. The second-order valence-electron chi connectivity index (χ2n) is 8.69. The SMILES string of the molecule is COc1ccc(CN(C(=O)Nc2ccc(C)cc2)[C@H]2CC[C@H](c3ccccc3)CC2)cc1. The van der Waals surface area contributed by atoms with Gasteiger partial charge in [0.05, 0.1) is 7.11 Å². The van der Waals surface area contributed by atoms with Crippen LogP contribution in [-0.4, -0.2) is 24.1 Å². The maximum atomic E-state index is 13.4. The highest BCUT2D eigenvalue weighted by molar-refractivity contribution is 5.89. The lowest BCUT2D eigenvalue weighted by molar-refractivity contribution is 0.158. The van der Waals surface area contributed by atoms with Crippen LogP contribution < -0.4 is 10.1 Å². The van der Waals surface area contributed by atoms with Gasteiger partial charge in [-0.1, -0.05) is 60.2 Å². The summed E-state index contributed by atoms with van der Waals surface area (Å²) in [4.78, 5) is 15.4. The van der Waals surface area contributed by atoms with Crippen LogP contribution in [0.2, 0.25) is 0 Å². The van der Waals surface area contributed by atoms with E-state index in [-0.39, 0.29) is 12.1 Å². The molecule has 0 bridgehead atoms. The maximum absolute atomic E-state index is 13.4. The van der Waals surface area contributed by atoms with E-state index in [1.165, 1.54) is 11.1 Å². The lowest BCUT2D eigenvalue weighted by Gasteiger charge is -2.37. The van der Waals surface area contributed by atoms with Crippen molar-refractivity contribution < 1.29 is 9.53 Å². The number of aryl methyl sites for hydroxylation is 1. The molecule has 4 rings (SSSR count). The monoisotopic (exact) mass is 428 g/mol. The number of carbonyl (C=O) groups is 1. The lowest BCUT2D eigenvalue weighted by Crippen LogP contribution is -2.44. The van der Waals surface area contributed by atoms with Gasteiger partial charge in [-0.05, 0) is 73.9 Å².